The molecule has 0 aliphatic carbocycles. The number of amides is 3. The van der Waals surface area contributed by atoms with Gasteiger partial charge in [-0.2, -0.15) is 13.2 Å². The highest BCUT2D eigenvalue weighted by Gasteiger charge is 2.31. The first-order valence-corrected chi connectivity index (χ1v) is 8.77. The van der Waals surface area contributed by atoms with Gasteiger partial charge < -0.3 is 5.32 Å². The third kappa shape index (κ3) is 4.48. The summed E-state index contributed by atoms with van der Waals surface area (Å²) in [4.78, 5) is 36.5. The molecular formula is C18H13F3N2O3S. The number of thioether (sulfide) groups is 1. The Bertz CT molecular complexity index is 881. The minimum atomic E-state index is -4.53. The zero-order valence-electron chi connectivity index (χ0n) is 13.7. The second-order valence-corrected chi connectivity index (χ2v) is 6.69. The lowest BCUT2D eigenvalue weighted by Gasteiger charge is -2.13. The molecule has 0 bridgehead atoms. The summed E-state index contributed by atoms with van der Waals surface area (Å²) in [6.45, 7) is 0.131. The van der Waals surface area contributed by atoms with Gasteiger partial charge >= 0.3 is 6.18 Å². The maximum absolute atomic E-state index is 12.7. The van der Waals surface area contributed by atoms with E-state index in [0.717, 1.165) is 28.8 Å². The van der Waals surface area contributed by atoms with Gasteiger partial charge in [-0.3, -0.25) is 19.3 Å². The van der Waals surface area contributed by atoms with E-state index in [1.807, 2.05) is 0 Å². The molecule has 1 aliphatic heterocycles. The van der Waals surface area contributed by atoms with Crippen molar-refractivity contribution in [1.29, 1.82) is 0 Å². The number of benzene rings is 2. The number of carbonyl (C=O) groups is 3. The zero-order valence-corrected chi connectivity index (χ0v) is 14.6. The lowest BCUT2D eigenvalue weighted by Crippen LogP contribution is -2.27. The van der Waals surface area contributed by atoms with Gasteiger partial charge in [-0.05, 0) is 35.9 Å². The molecule has 2 aromatic rings. The predicted octanol–water partition coefficient (Wildman–Crippen LogP) is 4.15. The molecule has 2 aromatic carbocycles. The molecule has 1 fully saturated rings. The molecule has 27 heavy (non-hydrogen) atoms. The third-order valence-electron chi connectivity index (χ3n) is 3.85. The van der Waals surface area contributed by atoms with E-state index in [4.69, 9.17) is 0 Å². The fourth-order valence-electron chi connectivity index (χ4n) is 2.45. The Morgan fingerprint density at radius 3 is 2.41 bits per heavy atom. The summed E-state index contributed by atoms with van der Waals surface area (Å²) < 4.78 is 38.2. The Morgan fingerprint density at radius 1 is 1.11 bits per heavy atom. The highest BCUT2D eigenvalue weighted by Crippen LogP contribution is 2.29. The molecule has 0 atom stereocenters. The number of nitrogens with one attached hydrogen (secondary N) is 1. The topological polar surface area (TPSA) is 66.5 Å². The number of alkyl halides is 3. The molecule has 0 spiro atoms. The Balaban J connectivity index is 1.67. The van der Waals surface area contributed by atoms with Crippen LogP contribution in [0.3, 0.4) is 0 Å². The fourth-order valence-corrected chi connectivity index (χ4v) is 3.17. The fraction of sp³-hybridized carbons (Fsp3) is 0.167. The van der Waals surface area contributed by atoms with Crippen molar-refractivity contribution in [3.8, 4) is 0 Å². The van der Waals surface area contributed by atoms with Gasteiger partial charge in [-0.15, -0.1) is 0 Å². The summed E-state index contributed by atoms with van der Waals surface area (Å²) in [5.41, 5.74) is 0.0633. The Hall–Kier alpha value is -2.81. The van der Waals surface area contributed by atoms with E-state index < -0.39 is 17.6 Å². The summed E-state index contributed by atoms with van der Waals surface area (Å²) in [7, 11) is 0. The van der Waals surface area contributed by atoms with E-state index in [1.54, 1.807) is 24.3 Å². The largest absolute Gasteiger partial charge is 0.416 e. The molecule has 1 N–H and O–H groups in total. The Kier molecular flexibility index (Phi) is 5.22. The highest BCUT2D eigenvalue weighted by atomic mass is 32.2. The van der Waals surface area contributed by atoms with E-state index >= 15 is 0 Å². The number of nitrogens with zero attached hydrogens (tertiary/aromatic N) is 1. The van der Waals surface area contributed by atoms with Crippen LogP contribution >= 0.6 is 11.8 Å². The van der Waals surface area contributed by atoms with Crippen molar-refractivity contribution >= 4 is 34.5 Å². The van der Waals surface area contributed by atoms with E-state index in [2.05, 4.69) is 5.32 Å². The van der Waals surface area contributed by atoms with E-state index in [-0.39, 0.29) is 29.0 Å². The molecule has 0 saturated carbocycles. The second kappa shape index (κ2) is 7.43. The van der Waals surface area contributed by atoms with Gasteiger partial charge in [0, 0.05) is 11.3 Å². The molecule has 3 rings (SSSR count). The van der Waals surface area contributed by atoms with Crippen molar-refractivity contribution < 1.29 is 27.6 Å². The average Bonchev–Trinajstić information content (AvgIpc) is 2.94. The van der Waals surface area contributed by atoms with Crippen molar-refractivity contribution in [3.05, 3.63) is 65.2 Å². The molecule has 1 saturated heterocycles. The maximum Gasteiger partial charge on any atom is 0.416 e. The average molecular weight is 394 g/mol. The smallest absolute Gasteiger partial charge is 0.322 e. The maximum atomic E-state index is 12.7. The molecule has 0 unspecified atom stereocenters. The molecule has 0 radical (unpaired) electrons. The normalized spacial score (nSPS) is 14.6. The van der Waals surface area contributed by atoms with Crippen LogP contribution in [0.4, 0.5) is 23.7 Å². The minimum Gasteiger partial charge on any atom is -0.322 e. The van der Waals surface area contributed by atoms with Gasteiger partial charge in [0.1, 0.15) is 0 Å². The SMILES string of the molecule is O=C(Nc1ccc(CN2C(=O)CSC2=O)cc1)c1cccc(C(F)(F)F)c1. The van der Waals surface area contributed by atoms with Crippen LogP contribution in [-0.4, -0.2) is 27.7 Å². The predicted molar refractivity (Wildman–Crippen MR) is 94.2 cm³/mol. The summed E-state index contributed by atoms with van der Waals surface area (Å²) >= 11 is 0.945. The van der Waals surface area contributed by atoms with E-state index in [9.17, 15) is 27.6 Å². The molecule has 140 valence electrons. The molecular weight excluding hydrogens is 381 g/mol. The van der Waals surface area contributed by atoms with Gasteiger partial charge in [0.15, 0.2) is 0 Å². The molecule has 1 heterocycles. The number of rotatable bonds is 4. The van der Waals surface area contributed by atoms with Crippen LogP contribution in [0, 0.1) is 0 Å². The van der Waals surface area contributed by atoms with Crippen molar-refractivity contribution in [2.24, 2.45) is 0 Å². The van der Waals surface area contributed by atoms with Crippen molar-refractivity contribution in [3.63, 3.8) is 0 Å². The summed E-state index contributed by atoms with van der Waals surface area (Å²) in [5.74, 6) is -0.800. The first-order valence-electron chi connectivity index (χ1n) is 7.79. The molecule has 0 aromatic heterocycles. The van der Waals surface area contributed by atoms with Crippen LogP contribution < -0.4 is 5.32 Å². The van der Waals surface area contributed by atoms with E-state index in [1.165, 1.54) is 12.1 Å². The summed E-state index contributed by atoms with van der Waals surface area (Å²) in [6, 6.07) is 10.5. The minimum absolute atomic E-state index is 0.112. The molecule has 3 amide bonds. The number of carbonyl (C=O) groups excluding carboxylic acids is 3. The van der Waals surface area contributed by atoms with Crippen molar-refractivity contribution in [2.45, 2.75) is 12.7 Å². The van der Waals surface area contributed by atoms with Crippen molar-refractivity contribution in [1.82, 2.24) is 4.90 Å². The van der Waals surface area contributed by atoms with Crippen LogP contribution in [0.5, 0.6) is 0 Å². The quantitative estimate of drug-likeness (QED) is 0.846. The second-order valence-electron chi connectivity index (χ2n) is 5.76. The number of hydrogen-bond donors (Lipinski definition) is 1. The van der Waals surface area contributed by atoms with E-state index in [0.29, 0.717) is 11.3 Å². The number of halogens is 3. The molecule has 5 nitrogen and oxygen atoms in total. The Morgan fingerprint density at radius 2 is 1.81 bits per heavy atom. The van der Waals surface area contributed by atoms with Crippen LogP contribution in [0.2, 0.25) is 0 Å². The number of imide groups is 1. The Labute approximate surface area is 156 Å². The lowest BCUT2D eigenvalue weighted by atomic mass is 10.1. The van der Waals surface area contributed by atoms with Gasteiger partial charge in [0.2, 0.25) is 5.91 Å². The van der Waals surface area contributed by atoms with Gasteiger partial charge in [-0.25, -0.2) is 0 Å². The molecule has 9 heteroatoms. The van der Waals surface area contributed by atoms with Crippen molar-refractivity contribution in [2.75, 3.05) is 11.1 Å². The lowest BCUT2D eigenvalue weighted by molar-refractivity contribution is -0.137. The van der Waals surface area contributed by atoms with Crippen LogP contribution in [0.15, 0.2) is 48.5 Å². The number of hydrogen-bond acceptors (Lipinski definition) is 4. The number of anilines is 1. The van der Waals surface area contributed by atoms with Crippen LogP contribution in [-0.2, 0) is 17.5 Å². The van der Waals surface area contributed by atoms with Crippen LogP contribution in [0.1, 0.15) is 21.5 Å². The molecule has 1 aliphatic rings. The van der Waals surface area contributed by atoms with Gasteiger partial charge in [0.25, 0.3) is 11.1 Å². The summed E-state index contributed by atoms with van der Waals surface area (Å²) in [5, 5.41) is 2.21. The first-order chi connectivity index (χ1) is 12.7. The highest BCUT2D eigenvalue weighted by molar-refractivity contribution is 8.14. The summed E-state index contributed by atoms with van der Waals surface area (Å²) in [6.07, 6.45) is -4.53. The monoisotopic (exact) mass is 394 g/mol. The van der Waals surface area contributed by atoms with Crippen LogP contribution in [0.25, 0.3) is 0 Å². The van der Waals surface area contributed by atoms with Gasteiger partial charge in [0.05, 0.1) is 17.9 Å². The standard InChI is InChI=1S/C18H13F3N2O3S/c19-18(20,21)13-3-1-2-12(8-13)16(25)22-14-6-4-11(5-7-14)9-23-15(24)10-27-17(23)26/h1-8H,9-10H2,(H,22,25). The zero-order chi connectivity index (χ0) is 19.6. The van der Waals surface area contributed by atoms with Gasteiger partial charge in [-0.1, -0.05) is 30.0 Å². The first kappa shape index (κ1) is 19.0. The third-order valence-corrected chi connectivity index (χ3v) is 4.70.